The Morgan fingerprint density at radius 2 is 1.52 bits per heavy atom. The molecule has 0 N–H and O–H groups in total. The molecular formula is C27H32F4. The second kappa shape index (κ2) is 9.34. The molecule has 4 rings (SSSR count). The van der Waals surface area contributed by atoms with Crippen LogP contribution >= 0.6 is 0 Å². The summed E-state index contributed by atoms with van der Waals surface area (Å²) in [5.74, 6) is 2.00. The highest BCUT2D eigenvalue weighted by molar-refractivity contribution is 5.64. The lowest BCUT2D eigenvalue weighted by Crippen LogP contribution is -2.30. The molecule has 2 aromatic carbocycles. The Morgan fingerprint density at radius 3 is 2.19 bits per heavy atom. The van der Waals surface area contributed by atoms with Crippen LogP contribution in [-0.2, 0) is 6.18 Å². The maximum Gasteiger partial charge on any atom is 0.419 e. The van der Waals surface area contributed by atoms with E-state index in [-0.39, 0.29) is 0 Å². The second-order valence-electron chi connectivity index (χ2n) is 9.67. The highest BCUT2D eigenvalue weighted by Gasteiger charge is 2.36. The molecule has 0 amide bonds. The zero-order valence-corrected chi connectivity index (χ0v) is 18.2. The van der Waals surface area contributed by atoms with E-state index in [1.54, 1.807) is 0 Å². The summed E-state index contributed by atoms with van der Waals surface area (Å²) in [6.07, 6.45) is 7.32. The summed E-state index contributed by atoms with van der Waals surface area (Å²) < 4.78 is 52.3. The summed E-state index contributed by atoms with van der Waals surface area (Å²) in [7, 11) is 0. The molecule has 168 valence electrons. The molecule has 0 aromatic heterocycles. The highest BCUT2D eigenvalue weighted by atomic mass is 19.4. The molecule has 0 aliphatic heterocycles. The fourth-order valence-electron chi connectivity index (χ4n) is 5.92. The number of rotatable bonds is 5. The standard InChI is InChI=1S/C27H32F4/c1-2-3-4-18-5-6-23-16-22(12-11-21(23)15-18)19-7-9-20(10-8-19)24-13-14-25(26(28)17-24)27(29,30)31/h7-10,13-14,17-18,21-23H,2-6,11-12,15-16H2,1H3/t18?,21-,22-,23-/m1/s1. The van der Waals surface area contributed by atoms with E-state index in [1.165, 1.54) is 69.4 Å². The fourth-order valence-corrected chi connectivity index (χ4v) is 5.92. The van der Waals surface area contributed by atoms with E-state index in [1.807, 2.05) is 12.1 Å². The fraction of sp³-hybridized carbons (Fsp3) is 0.556. The van der Waals surface area contributed by atoms with Gasteiger partial charge in [-0.25, -0.2) is 4.39 Å². The van der Waals surface area contributed by atoms with Crippen molar-refractivity contribution in [1.29, 1.82) is 0 Å². The summed E-state index contributed by atoms with van der Waals surface area (Å²) in [5.41, 5.74) is 1.32. The van der Waals surface area contributed by atoms with Crippen molar-refractivity contribution in [1.82, 2.24) is 0 Å². The predicted octanol–water partition coefficient (Wildman–Crippen LogP) is 9.00. The summed E-state index contributed by atoms with van der Waals surface area (Å²) >= 11 is 0. The van der Waals surface area contributed by atoms with Crippen LogP contribution in [0.1, 0.15) is 81.8 Å². The Bertz CT molecular complexity index is 868. The van der Waals surface area contributed by atoms with Crippen molar-refractivity contribution in [2.75, 3.05) is 0 Å². The van der Waals surface area contributed by atoms with Crippen LogP contribution in [0.5, 0.6) is 0 Å². The van der Waals surface area contributed by atoms with Gasteiger partial charge in [-0.2, -0.15) is 13.2 Å². The van der Waals surface area contributed by atoms with Crippen LogP contribution in [0.15, 0.2) is 42.5 Å². The predicted molar refractivity (Wildman–Crippen MR) is 117 cm³/mol. The van der Waals surface area contributed by atoms with E-state index in [4.69, 9.17) is 0 Å². The minimum Gasteiger partial charge on any atom is -0.206 e. The van der Waals surface area contributed by atoms with Gasteiger partial charge in [0.1, 0.15) is 5.82 Å². The third-order valence-corrected chi connectivity index (χ3v) is 7.68. The molecule has 4 heteroatoms. The van der Waals surface area contributed by atoms with Crippen LogP contribution in [0.25, 0.3) is 11.1 Å². The Hall–Kier alpha value is -1.84. The summed E-state index contributed by atoms with van der Waals surface area (Å²) in [6, 6.07) is 11.2. The van der Waals surface area contributed by atoms with Crippen LogP contribution in [0.2, 0.25) is 0 Å². The van der Waals surface area contributed by atoms with Crippen LogP contribution in [0.3, 0.4) is 0 Å². The lowest BCUT2D eigenvalue weighted by atomic mass is 9.63. The van der Waals surface area contributed by atoms with E-state index in [9.17, 15) is 17.6 Å². The molecule has 0 bridgehead atoms. The Morgan fingerprint density at radius 1 is 0.839 bits per heavy atom. The van der Waals surface area contributed by atoms with Gasteiger partial charge in [0.15, 0.2) is 0 Å². The number of fused-ring (bicyclic) bond motifs is 1. The first-order valence-electron chi connectivity index (χ1n) is 11.8. The van der Waals surface area contributed by atoms with Crippen molar-refractivity contribution < 1.29 is 17.6 Å². The number of alkyl halides is 3. The van der Waals surface area contributed by atoms with Crippen LogP contribution in [0, 0.1) is 23.6 Å². The van der Waals surface area contributed by atoms with E-state index < -0.39 is 17.6 Å². The molecule has 2 aromatic rings. The molecular weight excluding hydrogens is 400 g/mol. The maximum absolute atomic E-state index is 13.9. The summed E-state index contributed by atoms with van der Waals surface area (Å²) in [5, 5.41) is 0. The van der Waals surface area contributed by atoms with Crippen molar-refractivity contribution in [2.24, 2.45) is 17.8 Å². The first-order valence-corrected chi connectivity index (χ1v) is 11.8. The molecule has 2 saturated carbocycles. The molecule has 2 aliphatic rings. The van der Waals surface area contributed by atoms with Crippen molar-refractivity contribution in [3.63, 3.8) is 0 Å². The molecule has 4 atom stereocenters. The van der Waals surface area contributed by atoms with Crippen LogP contribution in [-0.4, -0.2) is 0 Å². The molecule has 1 unspecified atom stereocenters. The molecule has 0 radical (unpaired) electrons. The number of hydrogen-bond acceptors (Lipinski definition) is 0. The topological polar surface area (TPSA) is 0 Å². The van der Waals surface area contributed by atoms with Gasteiger partial charge in [-0.05, 0) is 84.6 Å². The van der Waals surface area contributed by atoms with Crippen molar-refractivity contribution in [2.45, 2.75) is 76.8 Å². The normalized spacial score (nSPS) is 26.5. The number of halogens is 4. The average Bonchev–Trinajstić information content (AvgIpc) is 2.76. The molecule has 0 heterocycles. The third kappa shape index (κ3) is 5.15. The van der Waals surface area contributed by atoms with E-state index in [0.717, 1.165) is 35.4 Å². The lowest BCUT2D eigenvalue weighted by Gasteiger charge is -2.42. The van der Waals surface area contributed by atoms with E-state index in [2.05, 4.69) is 19.1 Å². The summed E-state index contributed by atoms with van der Waals surface area (Å²) in [6.45, 7) is 2.27. The highest BCUT2D eigenvalue weighted by Crippen LogP contribution is 2.48. The molecule has 0 saturated heterocycles. The second-order valence-corrected chi connectivity index (χ2v) is 9.67. The first kappa shape index (κ1) is 22.4. The van der Waals surface area contributed by atoms with Gasteiger partial charge in [0.2, 0.25) is 0 Å². The molecule has 0 nitrogen and oxygen atoms in total. The van der Waals surface area contributed by atoms with E-state index in [0.29, 0.717) is 11.5 Å². The largest absolute Gasteiger partial charge is 0.419 e. The van der Waals surface area contributed by atoms with Gasteiger partial charge < -0.3 is 0 Å². The van der Waals surface area contributed by atoms with Gasteiger partial charge in [0.05, 0.1) is 5.56 Å². The smallest absolute Gasteiger partial charge is 0.206 e. The maximum atomic E-state index is 13.9. The van der Waals surface area contributed by atoms with Gasteiger partial charge in [-0.3, -0.25) is 0 Å². The van der Waals surface area contributed by atoms with E-state index >= 15 is 0 Å². The SMILES string of the molecule is CCCCC1CC[C@@H]2C[C@H](c3ccc(-c4ccc(C(F)(F)F)c(F)c4)cc3)CC[C@@H]2C1. The van der Waals surface area contributed by atoms with Gasteiger partial charge in [0.25, 0.3) is 0 Å². The Balaban J connectivity index is 1.40. The van der Waals surface area contributed by atoms with Gasteiger partial charge in [-0.15, -0.1) is 0 Å². The monoisotopic (exact) mass is 432 g/mol. The zero-order chi connectivity index (χ0) is 22.0. The Kier molecular flexibility index (Phi) is 6.74. The number of hydrogen-bond donors (Lipinski definition) is 0. The van der Waals surface area contributed by atoms with Gasteiger partial charge in [-0.1, -0.05) is 62.9 Å². The quantitative estimate of drug-likeness (QED) is 0.414. The van der Waals surface area contributed by atoms with Gasteiger partial charge >= 0.3 is 6.18 Å². The van der Waals surface area contributed by atoms with Gasteiger partial charge in [0, 0.05) is 0 Å². The molecule has 2 aliphatic carbocycles. The third-order valence-electron chi connectivity index (χ3n) is 7.68. The minimum absolute atomic E-state index is 0.478. The van der Waals surface area contributed by atoms with Crippen molar-refractivity contribution >= 4 is 0 Å². The molecule has 31 heavy (non-hydrogen) atoms. The van der Waals surface area contributed by atoms with Crippen molar-refractivity contribution in [3.8, 4) is 11.1 Å². The van der Waals surface area contributed by atoms with Crippen LogP contribution in [0.4, 0.5) is 17.6 Å². The number of benzene rings is 2. The van der Waals surface area contributed by atoms with Crippen molar-refractivity contribution in [3.05, 3.63) is 59.4 Å². The Labute approximate surface area is 183 Å². The molecule has 0 spiro atoms. The minimum atomic E-state index is -4.67. The lowest BCUT2D eigenvalue weighted by molar-refractivity contribution is -0.139. The summed E-state index contributed by atoms with van der Waals surface area (Å²) in [4.78, 5) is 0. The zero-order valence-electron chi connectivity index (χ0n) is 18.2. The molecule has 2 fully saturated rings. The average molecular weight is 433 g/mol. The van der Waals surface area contributed by atoms with Crippen LogP contribution < -0.4 is 0 Å². The number of unbranched alkanes of at least 4 members (excludes halogenated alkanes) is 1. The first-order chi connectivity index (χ1) is 14.8.